The number of hydrogen-bond acceptors (Lipinski definition) is 4. The molecule has 1 heterocycles. The minimum atomic E-state index is -0.929. The van der Waals surface area contributed by atoms with Crippen LogP contribution in [0.15, 0.2) is 35.0 Å². The third-order valence-corrected chi connectivity index (χ3v) is 2.82. The molecule has 1 rings (SSSR count). The molecule has 0 aliphatic heterocycles. The molecule has 80 valence electrons. The Bertz CT molecular complexity index is 391. The Morgan fingerprint density at radius 2 is 2.47 bits per heavy atom. The molecule has 1 aromatic heterocycles. The first-order valence-corrected chi connectivity index (χ1v) is 5.31. The number of rotatable bonds is 4. The highest BCUT2D eigenvalue weighted by atomic mass is 32.2. The lowest BCUT2D eigenvalue weighted by Crippen LogP contribution is -1.94. The van der Waals surface area contributed by atoms with E-state index < -0.39 is 5.97 Å². The molecular formula is C10H12N2O2S. The topological polar surface area (TPSA) is 76.2 Å². The summed E-state index contributed by atoms with van der Waals surface area (Å²) >= 11 is 1.43. The van der Waals surface area contributed by atoms with E-state index in [4.69, 9.17) is 10.8 Å². The molecule has 0 fully saturated rings. The van der Waals surface area contributed by atoms with Crippen LogP contribution in [0.1, 0.15) is 6.92 Å². The first-order valence-electron chi connectivity index (χ1n) is 4.33. The van der Waals surface area contributed by atoms with Gasteiger partial charge < -0.3 is 10.8 Å². The van der Waals surface area contributed by atoms with E-state index in [0.717, 1.165) is 10.6 Å². The number of nitrogens with two attached hydrogens (primary N) is 1. The highest BCUT2D eigenvalue weighted by Gasteiger charge is 2.01. The van der Waals surface area contributed by atoms with Crippen LogP contribution >= 0.6 is 11.8 Å². The number of thioether (sulfide) groups is 1. The monoisotopic (exact) mass is 224 g/mol. The first-order chi connectivity index (χ1) is 7.09. The van der Waals surface area contributed by atoms with Crippen LogP contribution in [0.5, 0.6) is 0 Å². The SMILES string of the molecule is CC(=CC(=O)O)CSc1ncccc1N. The van der Waals surface area contributed by atoms with Crippen LogP contribution < -0.4 is 5.73 Å². The van der Waals surface area contributed by atoms with Crippen molar-refractivity contribution >= 4 is 23.4 Å². The maximum Gasteiger partial charge on any atom is 0.328 e. The first kappa shape index (κ1) is 11.6. The van der Waals surface area contributed by atoms with Crippen LogP contribution in [-0.2, 0) is 4.79 Å². The van der Waals surface area contributed by atoms with Crippen molar-refractivity contribution in [3.63, 3.8) is 0 Å². The molecule has 0 aliphatic carbocycles. The highest BCUT2D eigenvalue weighted by molar-refractivity contribution is 7.99. The van der Waals surface area contributed by atoms with Crippen molar-refractivity contribution in [2.75, 3.05) is 11.5 Å². The molecule has 0 atom stereocenters. The molecular weight excluding hydrogens is 212 g/mol. The molecule has 0 aliphatic rings. The Morgan fingerprint density at radius 1 is 1.73 bits per heavy atom. The number of anilines is 1. The molecule has 3 N–H and O–H groups in total. The van der Waals surface area contributed by atoms with Gasteiger partial charge in [-0.25, -0.2) is 9.78 Å². The molecule has 4 nitrogen and oxygen atoms in total. The van der Waals surface area contributed by atoms with Crippen LogP contribution in [0.25, 0.3) is 0 Å². The zero-order valence-electron chi connectivity index (χ0n) is 8.30. The van der Waals surface area contributed by atoms with Gasteiger partial charge in [0.1, 0.15) is 5.03 Å². The van der Waals surface area contributed by atoms with E-state index in [-0.39, 0.29) is 0 Å². The van der Waals surface area contributed by atoms with E-state index in [0.29, 0.717) is 11.4 Å². The van der Waals surface area contributed by atoms with E-state index in [1.807, 2.05) is 0 Å². The predicted octanol–water partition coefficient (Wildman–Crippen LogP) is 1.79. The van der Waals surface area contributed by atoms with Crippen molar-refractivity contribution in [1.29, 1.82) is 0 Å². The van der Waals surface area contributed by atoms with Crippen LogP contribution in [0.3, 0.4) is 0 Å². The Morgan fingerprint density at radius 3 is 3.07 bits per heavy atom. The van der Waals surface area contributed by atoms with Crippen LogP contribution in [0, 0.1) is 0 Å². The largest absolute Gasteiger partial charge is 0.478 e. The van der Waals surface area contributed by atoms with Gasteiger partial charge in [0.05, 0.1) is 5.69 Å². The molecule has 0 saturated heterocycles. The van der Waals surface area contributed by atoms with Gasteiger partial charge >= 0.3 is 5.97 Å². The Kier molecular flexibility index (Phi) is 4.17. The van der Waals surface area contributed by atoms with Crippen molar-refractivity contribution in [2.24, 2.45) is 0 Å². The van der Waals surface area contributed by atoms with Crippen molar-refractivity contribution < 1.29 is 9.90 Å². The molecule has 5 heteroatoms. The van der Waals surface area contributed by atoms with Gasteiger partial charge in [0.2, 0.25) is 0 Å². The van der Waals surface area contributed by atoms with Crippen molar-refractivity contribution in [2.45, 2.75) is 11.9 Å². The Hall–Kier alpha value is -1.49. The summed E-state index contributed by atoms with van der Waals surface area (Å²) in [6, 6.07) is 3.53. The number of aromatic nitrogens is 1. The summed E-state index contributed by atoms with van der Waals surface area (Å²) < 4.78 is 0. The number of carbonyl (C=O) groups is 1. The second kappa shape index (κ2) is 5.41. The fourth-order valence-electron chi connectivity index (χ4n) is 0.959. The zero-order valence-corrected chi connectivity index (χ0v) is 9.12. The maximum absolute atomic E-state index is 10.4. The summed E-state index contributed by atoms with van der Waals surface area (Å²) in [5.41, 5.74) is 7.08. The quantitative estimate of drug-likeness (QED) is 0.602. The van der Waals surface area contributed by atoms with Gasteiger partial charge in [-0.3, -0.25) is 0 Å². The zero-order chi connectivity index (χ0) is 11.3. The van der Waals surface area contributed by atoms with Gasteiger partial charge in [-0.2, -0.15) is 0 Å². The minimum Gasteiger partial charge on any atom is -0.478 e. The van der Waals surface area contributed by atoms with Crippen LogP contribution in [0.2, 0.25) is 0 Å². The molecule has 0 unspecified atom stereocenters. The second-order valence-electron chi connectivity index (χ2n) is 3.02. The van der Waals surface area contributed by atoms with E-state index in [1.54, 1.807) is 25.3 Å². The number of carboxylic acids is 1. The fourth-order valence-corrected chi connectivity index (χ4v) is 1.78. The average Bonchev–Trinajstić information content (AvgIpc) is 2.15. The number of pyridine rings is 1. The van der Waals surface area contributed by atoms with E-state index in [1.165, 1.54) is 17.8 Å². The number of nitrogen functional groups attached to an aromatic ring is 1. The molecule has 1 aromatic rings. The standard InChI is InChI=1S/C10H12N2O2S/c1-7(5-9(13)14)6-15-10-8(11)3-2-4-12-10/h2-5H,6,11H2,1H3,(H,13,14). The lowest BCUT2D eigenvalue weighted by Gasteiger charge is -2.03. The summed E-state index contributed by atoms with van der Waals surface area (Å²) in [6.45, 7) is 1.76. The van der Waals surface area contributed by atoms with Crippen molar-refractivity contribution in [3.05, 3.63) is 30.0 Å². The number of carboxylic acid groups (broad SMARTS) is 1. The molecule has 0 spiro atoms. The van der Waals surface area contributed by atoms with Gasteiger partial charge in [0.25, 0.3) is 0 Å². The minimum absolute atomic E-state index is 0.577. The van der Waals surface area contributed by atoms with Crippen molar-refractivity contribution in [1.82, 2.24) is 4.98 Å². The van der Waals surface area contributed by atoms with Gasteiger partial charge in [0.15, 0.2) is 0 Å². The molecule has 15 heavy (non-hydrogen) atoms. The summed E-state index contributed by atoms with van der Waals surface area (Å²) in [5.74, 6) is -0.352. The van der Waals surface area contributed by atoms with Gasteiger partial charge in [-0.1, -0.05) is 17.3 Å². The molecule has 0 radical (unpaired) electrons. The van der Waals surface area contributed by atoms with E-state index in [9.17, 15) is 4.79 Å². The summed E-state index contributed by atoms with van der Waals surface area (Å²) in [5, 5.41) is 9.24. The summed E-state index contributed by atoms with van der Waals surface area (Å²) in [6.07, 6.45) is 2.85. The second-order valence-corrected chi connectivity index (χ2v) is 3.98. The van der Waals surface area contributed by atoms with Gasteiger partial charge in [-0.05, 0) is 19.1 Å². The normalized spacial score (nSPS) is 11.4. The van der Waals surface area contributed by atoms with Crippen LogP contribution in [-0.4, -0.2) is 21.8 Å². The maximum atomic E-state index is 10.4. The lowest BCUT2D eigenvalue weighted by atomic mass is 10.3. The lowest BCUT2D eigenvalue weighted by molar-refractivity contribution is -0.131. The van der Waals surface area contributed by atoms with Gasteiger partial charge in [-0.15, -0.1) is 0 Å². The Labute approximate surface area is 92.2 Å². The summed E-state index contributed by atoms with van der Waals surface area (Å²) in [7, 11) is 0. The average molecular weight is 224 g/mol. The van der Waals surface area contributed by atoms with Crippen molar-refractivity contribution in [3.8, 4) is 0 Å². The molecule has 0 saturated carbocycles. The number of nitrogens with zero attached hydrogens (tertiary/aromatic N) is 1. The smallest absolute Gasteiger partial charge is 0.328 e. The summed E-state index contributed by atoms with van der Waals surface area (Å²) in [4.78, 5) is 14.5. The van der Waals surface area contributed by atoms with E-state index >= 15 is 0 Å². The third-order valence-electron chi connectivity index (χ3n) is 1.61. The highest BCUT2D eigenvalue weighted by Crippen LogP contribution is 2.23. The Balaban J connectivity index is 2.58. The molecule has 0 aromatic carbocycles. The predicted molar refractivity (Wildman–Crippen MR) is 60.8 cm³/mol. The third kappa shape index (κ3) is 4.03. The molecule has 0 bridgehead atoms. The van der Waals surface area contributed by atoms with Crippen LogP contribution in [0.4, 0.5) is 5.69 Å². The number of aliphatic carboxylic acids is 1. The van der Waals surface area contributed by atoms with Gasteiger partial charge in [0, 0.05) is 18.0 Å². The fraction of sp³-hybridized carbons (Fsp3) is 0.200. The molecule has 0 amide bonds. The number of hydrogen-bond donors (Lipinski definition) is 2. The van der Waals surface area contributed by atoms with E-state index in [2.05, 4.69) is 4.98 Å².